The molecule has 0 aliphatic heterocycles. The number of aromatic nitrogens is 2. The van der Waals surface area contributed by atoms with E-state index in [2.05, 4.69) is 15.5 Å². The van der Waals surface area contributed by atoms with Gasteiger partial charge >= 0.3 is 5.97 Å². The molecule has 1 heterocycles. The molecular formula is C10H14N4O3. The van der Waals surface area contributed by atoms with E-state index in [1.165, 1.54) is 12.1 Å². The number of amides is 1. The Hall–Kier alpha value is -2.18. The first kappa shape index (κ1) is 12.9. The Morgan fingerprint density at radius 1 is 1.47 bits per heavy atom. The van der Waals surface area contributed by atoms with Gasteiger partial charge in [-0.25, -0.2) is 4.79 Å². The normalized spacial score (nSPS) is 11.8. The quantitative estimate of drug-likeness (QED) is 0.653. The summed E-state index contributed by atoms with van der Waals surface area (Å²) in [4.78, 5) is 21.6. The van der Waals surface area contributed by atoms with E-state index in [1.807, 2.05) is 6.92 Å². The van der Waals surface area contributed by atoms with Gasteiger partial charge in [-0.3, -0.25) is 4.79 Å². The van der Waals surface area contributed by atoms with Crippen molar-refractivity contribution in [1.82, 2.24) is 10.2 Å². The van der Waals surface area contributed by atoms with Gasteiger partial charge in [-0.1, -0.05) is 13.3 Å². The van der Waals surface area contributed by atoms with Crippen molar-refractivity contribution in [2.24, 2.45) is 5.73 Å². The van der Waals surface area contributed by atoms with Crippen LogP contribution in [-0.2, 0) is 4.79 Å². The van der Waals surface area contributed by atoms with E-state index in [0.29, 0.717) is 12.2 Å². The van der Waals surface area contributed by atoms with Crippen LogP contribution in [0.25, 0.3) is 0 Å². The number of carbonyl (C=O) groups excluding carboxylic acids is 1. The number of hydrogen-bond acceptors (Lipinski definition) is 5. The molecule has 4 N–H and O–H groups in total. The molecule has 0 bridgehead atoms. The number of nitrogens with one attached hydrogen (secondary N) is 1. The van der Waals surface area contributed by atoms with Crippen LogP contribution in [0.4, 0.5) is 5.82 Å². The van der Waals surface area contributed by atoms with Crippen molar-refractivity contribution >= 4 is 17.7 Å². The van der Waals surface area contributed by atoms with Crippen molar-refractivity contribution in [3.05, 3.63) is 17.8 Å². The third-order valence-corrected chi connectivity index (χ3v) is 2.11. The Balaban J connectivity index is 2.73. The van der Waals surface area contributed by atoms with Gasteiger partial charge < -0.3 is 16.2 Å². The van der Waals surface area contributed by atoms with Crippen LogP contribution < -0.4 is 11.1 Å². The van der Waals surface area contributed by atoms with Crippen LogP contribution in [0.1, 0.15) is 30.3 Å². The van der Waals surface area contributed by atoms with Gasteiger partial charge in [-0.05, 0) is 18.6 Å². The molecule has 0 saturated carbocycles. The fourth-order valence-corrected chi connectivity index (χ4v) is 1.27. The Morgan fingerprint density at radius 2 is 2.18 bits per heavy atom. The van der Waals surface area contributed by atoms with Gasteiger partial charge in [0.25, 0.3) is 5.91 Å². The third kappa shape index (κ3) is 3.71. The minimum Gasteiger partial charge on any atom is -0.480 e. The minimum absolute atomic E-state index is 0.0397. The van der Waals surface area contributed by atoms with E-state index in [0.717, 1.165) is 6.42 Å². The zero-order chi connectivity index (χ0) is 12.8. The molecule has 0 radical (unpaired) electrons. The number of nitrogens with zero attached hydrogens (tertiary/aromatic N) is 2. The molecule has 92 valence electrons. The molecule has 0 aromatic carbocycles. The second kappa shape index (κ2) is 5.78. The summed E-state index contributed by atoms with van der Waals surface area (Å²) in [7, 11) is 0. The highest BCUT2D eigenvalue weighted by molar-refractivity contribution is 5.90. The topological polar surface area (TPSA) is 118 Å². The Kier molecular flexibility index (Phi) is 4.38. The summed E-state index contributed by atoms with van der Waals surface area (Å²) in [5.41, 5.74) is 5.04. The molecular weight excluding hydrogens is 224 g/mol. The highest BCUT2D eigenvalue weighted by Gasteiger charge is 2.16. The first-order valence-electron chi connectivity index (χ1n) is 5.17. The Morgan fingerprint density at radius 3 is 2.59 bits per heavy atom. The molecule has 0 spiro atoms. The van der Waals surface area contributed by atoms with Crippen molar-refractivity contribution in [1.29, 1.82) is 0 Å². The predicted molar refractivity (Wildman–Crippen MR) is 60.5 cm³/mol. The number of aliphatic carboxylic acids is 1. The van der Waals surface area contributed by atoms with Gasteiger partial charge in [0.1, 0.15) is 11.9 Å². The first-order valence-corrected chi connectivity index (χ1v) is 5.17. The maximum atomic E-state index is 10.9. The van der Waals surface area contributed by atoms with Crippen LogP contribution in [-0.4, -0.2) is 33.2 Å². The number of hydrogen-bond donors (Lipinski definition) is 3. The average Bonchev–Trinajstić information content (AvgIpc) is 2.29. The van der Waals surface area contributed by atoms with Gasteiger partial charge in [0.2, 0.25) is 0 Å². The average molecular weight is 238 g/mol. The van der Waals surface area contributed by atoms with Crippen molar-refractivity contribution in [2.75, 3.05) is 5.32 Å². The smallest absolute Gasteiger partial charge is 0.326 e. The fraction of sp³-hybridized carbons (Fsp3) is 0.400. The number of rotatable bonds is 6. The molecule has 1 unspecified atom stereocenters. The summed E-state index contributed by atoms with van der Waals surface area (Å²) in [6.07, 6.45) is 1.21. The molecule has 1 rings (SSSR count). The van der Waals surface area contributed by atoms with Crippen LogP contribution in [0.2, 0.25) is 0 Å². The molecule has 17 heavy (non-hydrogen) atoms. The largest absolute Gasteiger partial charge is 0.480 e. The van der Waals surface area contributed by atoms with E-state index < -0.39 is 17.9 Å². The predicted octanol–water partition coefficient (Wildman–Crippen LogP) is 0.241. The summed E-state index contributed by atoms with van der Waals surface area (Å²) in [5, 5.41) is 18.9. The molecule has 0 saturated heterocycles. The minimum atomic E-state index is -0.951. The van der Waals surface area contributed by atoms with Crippen LogP contribution in [0.5, 0.6) is 0 Å². The van der Waals surface area contributed by atoms with Crippen molar-refractivity contribution < 1.29 is 14.7 Å². The lowest BCUT2D eigenvalue weighted by atomic mass is 10.2. The molecule has 0 aliphatic carbocycles. The van der Waals surface area contributed by atoms with Crippen molar-refractivity contribution in [3.63, 3.8) is 0 Å². The third-order valence-electron chi connectivity index (χ3n) is 2.11. The molecule has 1 aromatic rings. The standard InChI is InChI=1S/C10H14N4O3/c1-2-3-7(10(16)17)12-8-5-4-6(9(11)15)13-14-8/h4-5,7H,2-3H2,1H3,(H2,11,15)(H,12,14)(H,16,17). The van der Waals surface area contributed by atoms with Crippen molar-refractivity contribution in [3.8, 4) is 0 Å². The molecule has 0 aliphatic rings. The van der Waals surface area contributed by atoms with Crippen LogP contribution in [0.3, 0.4) is 0 Å². The van der Waals surface area contributed by atoms with Gasteiger partial charge in [-0.2, -0.15) is 0 Å². The summed E-state index contributed by atoms with van der Waals surface area (Å²) >= 11 is 0. The highest BCUT2D eigenvalue weighted by Crippen LogP contribution is 2.07. The van der Waals surface area contributed by atoms with E-state index >= 15 is 0 Å². The lowest BCUT2D eigenvalue weighted by Gasteiger charge is -2.13. The van der Waals surface area contributed by atoms with E-state index in [-0.39, 0.29) is 5.69 Å². The van der Waals surface area contributed by atoms with Crippen molar-refractivity contribution in [2.45, 2.75) is 25.8 Å². The van der Waals surface area contributed by atoms with Gasteiger partial charge in [0.15, 0.2) is 5.69 Å². The van der Waals surface area contributed by atoms with Crippen LogP contribution in [0.15, 0.2) is 12.1 Å². The number of carbonyl (C=O) groups is 2. The van der Waals surface area contributed by atoms with Crippen LogP contribution >= 0.6 is 0 Å². The lowest BCUT2D eigenvalue weighted by molar-refractivity contribution is -0.138. The summed E-state index contributed by atoms with van der Waals surface area (Å²) in [5.74, 6) is -1.32. The molecule has 1 atom stereocenters. The van der Waals surface area contributed by atoms with Gasteiger partial charge in [0, 0.05) is 0 Å². The molecule has 1 aromatic heterocycles. The molecule has 7 heteroatoms. The van der Waals surface area contributed by atoms with Gasteiger partial charge in [0.05, 0.1) is 0 Å². The summed E-state index contributed by atoms with van der Waals surface area (Å²) in [6, 6.07) is 2.15. The second-order valence-corrected chi connectivity index (χ2v) is 3.49. The van der Waals surface area contributed by atoms with Crippen LogP contribution in [0, 0.1) is 0 Å². The maximum absolute atomic E-state index is 10.9. The number of primary amides is 1. The molecule has 0 fully saturated rings. The number of carboxylic acids is 1. The van der Waals surface area contributed by atoms with E-state index in [4.69, 9.17) is 10.8 Å². The highest BCUT2D eigenvalue weighted by atomic mass is 16.4. The van der Waals surface area contributed by atoms with E-state index in [1.54, 1.807) is 0 Å². The zero-order valence-corrected chi connectivity index (χ0v) is 9.38. The Bertz CT molecular complexity index is 405. The monoisotopic (exact) mass is 238 g/mol. The zero-order valence-electron chi connectivity index (χ0n) is 9.38. The number of nitrogens with two attached hydrogens (primary N) is 1. The lowest BCUT2D eigenvalue weighted by Crippen LogP contribution is -2.29. The molecule has 1 amide bonds. The maximum Gasteiger partial charge on any atom is 0.326 e. The SMILES string of the molecule is CCCC(Nc1ccc(C(N)=O)nn1)C(=O)O. The second-order valence-electron chi connectivity index (χ2n) is 3.49. The van der Waals surface area contributed by atoms with Gasteiger partial charge in [-0.15, -0.1) is 10.2 Å². The first-order chi connectivity index (χ1) is 8.04. The Labute approximate surface area is 98.0 Å². The van der Waals surface area contributed by atoms with E-state index in [9.17, 15) is 9.59 Å². The summed E-state index contributed by atoms with van der Waals surface area (Å²) in [6.45, 7) is 1.89. The molecule has 7 nitrogen and oxygen atoms in total. The summed E-state index contributed by atoms with van der Waals surface area (Å²) < 4.78 is 0. The number of carboxylic acid groups (broad SMARTS) is 1. The fourth-order valence-electron chi connectivity index (χ4n) is 1.27. The number of anilines is 1.